The topological polar surface area (TPSA) is 35.2 Å². The van der Waals surface area contributed by atoms with E-state index < -0.39 is 0 Å². The molecule has 0 aliphatic rings. The third-order valence-electron chi connectivity index (χ3n) is 1.77. The molecule has 0 radical (unpaired) electrons. The first kappa shape index (κ1) is 13.9. The highest BCUT2D eigenvalue weighted by molar-refractivity contribution is 9.10. The summed E-state index contributed by atoms with van der Waals surface area (Å²) in [5, 5.41) is 0. The number of hydrogen-bond donors (Lipinski definition) is 1. The minimum atomic E-state index is -0.0968. The molecule has 2 N–H and O–H groups in total. The van der Waals surface area contributed by atoms with Crippen molar-refractivity contribution in [1.29, 1.82) is 0 Å². The first-order valence-electron chi connectivity index (χ1n) is 5.22. The second-order valence-electron chi connectivity index (χ2n) is 4.35. The van der Waals surface area contributed by atoms with Crippen LogP contribution in [-0.2, 0) is 0 Å². The Morgan fingerprint density at radius 1 is 1.44 bits per heavy atom. The van der Waals surface area contributed by atoms with E-state index in [0.717, 1.165) is 28.3 Å². The summed E-state index contributed by atoms with van der Waals surface area (Å²) >= 11 is 5.23. The summed E-state index contributed by atoms with van der Waals surface area (Å²) in [7, 11) is 0. The van der Waals surface area contributed by atoms with Gasteiger partial charge < -0.3 is 10.5 Å². The van der Waals surface area contributed by atoms with Crippen molar-refractivity contribution < 1.29 is 4.74 Å². The first-order chi connectivity index (χ1) is 7.47. The van der Waals surface area contributed by atoms with E-state index >= 15 is 0 Å². The number of rotatable bonds is 6. The molecule has 0 amide bonds. The maximum Gasteiger partial charge on any atom is 0.120 e. The number of thioether (sulfide) groups is 1. The van der Waals surface area contributed by atoms with Gasteiger partial charge in [0.25, 0.3) is 0 Å². The molecule has 0 atom stereocenters. The van der Waals surface area contributed by atoms with Gasteiger partial charge in [-0.2, -0.15) is 11.8 Å². The van der Waals surface area contributed by atoms with Crippen molar-refractivity contribution in [2.45, 2.75) is 19.4 Å². The van der Waals surface area contributed by atoms with Crippen LogP contribution in [-0.4, -0.2) is 23.7 Å². The number of hydrogen-bond acceptors (Lipinski definition) is 3. The second-order valence-corrected chi connectivity index (χ2v) is 6.37. The SMILES string of the molecule is CC(C)(N)CSCCOc1cccc(Br)c1. The van der Waals surface area contributed by atoms with Gasteiger partial charge in [-0.3, -0.25) is 0 Å². The van der Waals surface area contributed by atoms with Crippen molar-refractivity contribution in [3.63, 3.8) is 0 Å². The summed E-state index contributed by atoms with van der Waals surface area (Å²) in [6.45, 7) is 4.79. The number of nitrogens with two attached hydrogens (primary N) is 1. The molecule has 1 aromatic rings. The van der Waals surface area contributed by atoms with Crippen molar-refractivity contribution in [1.82, 2.24) is 0 Å². The monoisotopic (exact) mass is 303 g/mol. The molecule has 1 rings (SSSR count). The van der Waals surface area contributed by atoms with Crippen LogP contribution in [0, 0.1) is 0 Å². The highest BCUT2D eigenvalue weighted by Crippen LogP contribution is 2.18. The van der Waals surface area contributed by atoms with Crippen LogP contribution in [0.4, 0.5) is 0 Å². The van der Waals surface area contributed by atoms with E-state index in [-0.39, 0.29) is 5.54 Å². The quantitative estimate of drug-likeness (QED) is 0.819. The third-order valence-corrected chi connectivity index (χ3v) is 3.66. The third kappa shape index (κ3) is 6.40. The van der Waals surface area contributed by atoms with E-state index in [4.69, 9.17) is 10.5 Å². The van der Waals surface area contributed by atoms with Crippen molar-refractivity contribution in [3.8, 4) is 5.75 Å². The van der Waals surface area contributed by atoms with Gasteiger partial charge in [-0.15, -0.1) is 0 Å². The molecule has 16 heavy (non-hydrogen) atoms. The van der Waals surface area contributed by atoms with Gasteiger partial charge >= 0.3 is 0 Å². The normalized spacial score (nSPS) is 11.5. The molecule has 0 aliphatic carbocycles. The summed E-state index contributed by atoms with van der Waals surface area (Å²) in [5.41, 5.74) is 5.78. The molecular weight excluding hydrogens is 286 g/mol. The fourth-order valence-corrected chi connectivity index (χ4v) is 2.36. The number of ether oxygens (including phenoxy) is 1. The zero-order valence-corrected chi connectivity index (χ0v) is 12.1. The van der Waals surface area contributed by atoms with Crippen LogP contribution in [0.15, 0.2) is 28.7 Å². The van der Waals surface area contributed by atoms with Crippen molar-refractivity contribution >= 4 is 27.7 Å². The summed E-state index contributed by atoms with van der Waals surface area (Å²) in [6.07, 6.45) is 0. The summed E-state index contributed by atoms with van der Waals surface area (Å²) in [5.74, 6) is 2.82. The Morgan fingerprint density at radius 2 is 2.19 bits per heavy atom. The Labute approximate surface area is 110 Å². The molecule has 0 spiro atoms. The molecule has 0 bridgehead atoms. The van der Waals surface area contributed by atoms with Crippen molar-refractivity contribution in [2.24, 2.45) is 5.73 Å². The molecule has 0 fully saturated rings. The molecule has 2 nitrogen and oxygen atoms in total. The Bertz CT molecular complexity index is 325. The Balaban J connectivity index is 2.17. The molecule has 0 saturated carbocycles. The molecule has 0 aromatic heterocycles. The summed E-state index contributed by atoms with van der Waals surface area (Å²) < 4.78 is 6.65. The van der Waals surface area contributed by atoms with Crippen LogP contribution in [0.3, 0.4) is 0 Å². The highest BCUT2D eigenvalue weighted by atomic mass is 79.9. The average molecular weight is 304 g/mol. The van der Waals surface area contributed by atoms with Crippen LogP contribution in [0.2, 0.25) is 0 Å². The Morgan fingerprint density at radius 3 is 2.81 bits per heavy atom. The zero-order chi connectivity index (χ0) is 12.0. The lowest BCUT2D eigenvalue weighted by atomic mass is 10.1. The second kappa shape index (κ2) is 6.52. The predicted octanol–water partition coefficient (Wildman–Crippen LogP) is 3.30. The minimum Gasteiger partial charge on any atom is -0.493 e. The van der Waals surface area contributed by atoms with E-state index in [1.165, 1.54) is 0 Å². The van der Waals surface area contributed by atoms with Crippen LogP contribution >= 0.6 is 27.7 Å². The zero-order valence-electron chi connectivity index (χ0n) is 9.70. The van der Waals surface area contributed by atoms with Gasteiger partial charge in [-0.05, 0) is 32.0 Å². The number of benzene rings is 1. The smallest absolute Gasteiger partial charge is 0.120 e. The molecular formula is C12H18BrNOS. The van der Waals surface area contributed by atoms with Crippen LogP contribution in [0.25, 0.3) is 0 Å². The highest BCUT2D eigenvalue weighted by Gasteiger charge is 2.09. The van der Waals surface area contributed by atoms with E-state index in [9.17, 15) is 0 Å². The summed E-state index contributed by atoms with van der Waals surface area (Å²) in [6, 6.07) is 7.88. The molecule has 1 aromatic carbocycles. The van der Waals surface area contributed by atoms with Crippen LogP contribution < -0.4 is 10.5 Å². The van der Waals surface area contributed by atoms with E-state index in [0.29, 0.717) is 0 Å². The maximum absolute atomic E-state index is 5.88. The first-order valence-corrected chi connectivity index (χ1v) is 7.17. The van der Waals surface area contributed by atoms with Gasteiger partial charge in [-0.1, -0.05) is 22.0 Å². The van der Waals surface area contributed by atoms with Gasteiger partial charge in [0, 0.05) is 21.5 Å². The molecule has 90 valence electrons. The Hall–Kier alpha value is -0.190. The molecule has 0 heterocycles. The van der Waals surface area contributed by atoms with Gasteiger partial charge in [0.05, 0.1) is 6.61 Å². The average Bonchev–Trinajstić information content (AvgIpc) is 2.15. The van der Waals surface area contributed by atoms with Crippen LogP contribution in [0.1, 0.15) is 13.8 Å². The van der Waals surface area contributed by atoms with E-state index in [1.54, 1.807) is 0 Å². The standard InChI is InChI=1S/C12H18BrNOS/c1-12(2,14)9-16-7-6-15-11-5-3-4-10(13)8-11/h3-5,8H,6-7,9,14H2,1-2H3. The van der Waals surface area contributed by atoms with E-state index in [1.807, 2.05) is 49.9 Å². The van der Waals surface area contributed by atoms with Gasteiger partial charge in [-0.25, -0.2) is 0 Å². The fourth-order valence-electron chi connectivity index (χ4n) is 1.11. The Kier molecular flexibility index (Phi) is 5.66. The van der Waals surface area contributed by atoms with Gasteiger partial charge in [0.2, 0.25) is 0 Å². The molecule has 4 heteroatoms. The maximum atomic E-state index is 5.88. The van der Waals surface area contributed by atoms with Gasteiger partial charge in [0.15, 0.2) is 0 Å². The largest absolute Gasteiger partial charge is 0.493 e. The van der Waals surface area contributed by atoms with Crippen LogP contribution in [0.5, 0.6) is 5.75 Å². The lowest BCUT2D eigenvalue weighted by Crippen LogP contribution is -2.34. The minimum absolute atomic E-state index is 0.0968. The van der Waals surface area contributed by atoms with E-state index in [2.05, 4.69) is 15.9 Å². The number of halogens is 1. The lowest BCUT2D eigenvalue weighted by Gasteiger charge is -2.17. The predicted molar refractivity (Wildman–Crippen MR) is 75.2 cm³/mol. The molecule has 0 unspecified atom stereocenters. The van der Waals surface area contributed by atoms with Gasteiger partial charge in [0.1, 0.15) is 5.75 Å². The van der Waals surface area contributed by atoms with Crippen molar-refractivity contribution in [2.75, 3.05) is 18.1 Å². The summed E-state index contributed by atoms with van der Waals surface area (Å²) in [4.78, 5) is 0. The molecule has 0 saturated heterocycles. The lowest BCUT2D eigenvalue weighted by molar-refractivity contribution is 0.343. The fraction of sp³-hybridized carbons (Fsp3) is 0.500. The molecule has 0 aliphatic heterocycles. The van der Waals surface area contributed by atoms with Crippen molar-refractivity contribution in [3.05, 3.63) is 28.7 Å².